The van der Waals surface area contributed by atoms with E-state index >= 15 is 0 Å². The normalized spacial score (nSPS) is 10.1. The summed E-state index contributed by atoms with van der Waals surface area (Å²) in [6.07, 6.45) is 1.59. The highest BCUT2D eigenvalue weighted by molar-refractivity contribution is 6.30. The molecule has 0 aliphatic heterocycles. The second-order valence-electron chi connectivity index (χ2n) is 3.92. The molecule has 0 aromatic heterocycles. The Morgan fingerprint density at radius 3 is 2.72 bits per heavy atom. The number of aldehydes is 1. The van der Waals surface area contributed by atoms with Crippen molar-refractivity contribution in [1.29, 1.82) is 0 Å². The quantitative estimate of drug-likeness (QED) is 0.765. The van der Waals surface area contributed by atoms with Crippen LogP contribution in [0.3, 0.4) is 0 Å². The Morgan fingerprint density at radius 2 is 1.94 bits per heavy atom. The van der Waals surface area contributed by atoms with Crippen LogP contribution in [0.15, 0.2) is 48.5 Å². The number of benzene rings is 2. The molecule has 2 aromatic carbocycles. The number of carbonyl (C=O) groups excluding carboxylic acids is 1. The lowest BCUT2D eigenvalue weighted by molar-refractivity contribution is 0.112. The first-order valence-electron chi connectivity index (χ1n) is 5.70. The van der Waals surface area contributed by atoms with Crippen molar-refractivity contribution in [3.05, 3.63) is 64.7 Å². The third-order valence-corrected chi connectivity index (χ3v) is 2.78. The summed E-state index contributed by atoms with van der Waals surface area (Å²) in [5, 5.41) is 0.732. The third-order valence-electron chi connectivity index (χ3n) is 2.54. The highest BCUT2D eigenvalue weighted by Crippen LogP contribution is 2.14. The van der Waals surface area contributed by atoms with Gasteiger partial charge >= 0.3 is 0 Å². The number of hydrogen-bond acceptors (Lipinski definition) is 2. The number of hydrogen-bond donors (Lipinski definition) is 0. The number of ether oxygens (including phenoxy) is 1. The fourth-order valence-electron chi connectivity index (χ4n) is 1.66. The molecule has 3 heteroatoms. The molecule has 0 aliphatic rings. The van der Waals surface area contributed by atoms with E-state index in [1.807, 2.05) is 30.3 Å². The summed E-state index contributed by atoms with van der Waals surface area (Å²) < 4.78 is 5.59. The number of halogens is 1. The lowest BCUT2D eigenvalue weighted by atomic mass is 10.2. The fourth-order valence-corrected chi connectivity index (χ4v) is 1.87. The van der Waals surface area contributed by atoms with Crippen LogP contribution in [0.25, 0.3) is 0 Å². The van der Waals surface area contributed by atoms with E-state index in [2.05, 4.69) is 0 Å². The van der Waals surface area contributed by atoms with Gasteiger partial charge in [-0.25, -0.2) is 0 Å². The Morgan fingerprint density at radius 1 is 1.11 bits per heavy atom. The van der Waals surface area contributed by atoms with Crippen molar-refractivity contribution in [1.82, 2.24) is 0 Å². The van der Waals surface area contributed by atoms with Gasteiger partial charge in [-0.1, -0.05) is 35.9 Å². The predicted molar refractivity (Wildman–Crippen MR) is 72.5 cm³/mol. The summed E-state index contributed by atoms with van der Waals surface area (Å²) in [7, 11) is 0. The van der Waals surface area contributed by atoms with Crippen LogP contribution in [0, 0.1) is 0 Å². The first kappa shape index (κ1) is 12.7. The monoisotopic (exact) mass is 260 g/mol. The van der Waals surface area contributed by atoms with Gasteiger partial charge in [0.25, 0.3) is 0 Å². The van der Waals surface area contributed by atoms with Crippen LogP contribution < -0.4 is 4.74 Å². The zero-order valence-electron chi connectivity index (χ0n) is 9.80. The van der Waals surface area contributed by atoms with Crippen molar-refractivity contribution in [2.75, 3.05) is 6.61 Å². The Bertz CT molecular complexity index is 538. The standard InChI is InChI=1S/C15H13ClO2/c16-14-5-1-3-12(9-14)7-8-18-15-6-2-4-13(10-15)11-17/h1-6,9-11H,7-8H2. The van der Waals surface area contributed by atoms with Gasteiger partial charge in [-0.05, 0) is 29.8 Å². The van der Waals surface area contributed by atoms with Crippen LogP contribution in [-0.4, -0.2) is 12.9 Å². The van der Waals surface area contributed by atoms with E-state index in [1.54, 1.807) is 18.2 Å². The van der Waals surface area contributed by atoms with Gasteiger partial charge in [0.15, 0.2) is 0 Å². The highest BCUT2D eigenvalue weighted by atomic mass is 35.5. The van der Waals surface area contributed by atoms with Gasteiger partial charge in [0.05, 0.1) is 6.61 Å². The molecule has 0 heterocycles. The predicted octanol–water partition coefficient (Wildman–Crippen LogP) is 3.77. The Balaban J connectivity index is 1.90. The number of carbonyl (C=O) groups is 1. The molecule has 0 bridgehead atoms. The van der Waals surface area contributed by atoms with Crippen molar-refractivity contribution < 1.29 is 9.53 Å². The first-order chi connectivity index (χ1) is 8.78. The van der Waals surface area contributed by atoms with Crippen molar-refractivity contribution in [3.8, 4) is 5.75 Å². The van der Waals surface area contributed by atoms with E-state index in [9.17, 15) is 4.79 Å². The molecular weight excluding hydrogens is 248 g/mol. The minimum Gasteiger partial charge on any atom is -0.493 e. The molecule has 18 heavy (non-hydrogen) atoms. The first-order valence-corrected chi connectivity index (χ1v) is 6.08. The molecule has 2 aromatic rings. The fraction of sp³-hybridized carbons (Fsp3) is 0.133. The molecule has 2 rings (SSSR count). The zero-order chi connectivity index (χ0) is 12.8. The number of rotatable bonds is 5. The summed E-state index contributed by atoms with van der Waals surface area (Å²) >= 11 is 5.90. The SMILES string of the molecule is O=Cc1cccc(OCCc2cccc(Cl)c2)c1. The minimum atomic E-state index is 0.558. The summed E-state index contributed by atoms with van der Waals surface area (Å²) in [4.78, 5) is 10.6. The van der Waals surface area contributed by atoms with E-state index in [0.29, 0.717) is 17.9 Å². The van der Waals surface area contributed by atoms with E-state index in [4.69, 9.17) is 16.3 Å². The van der Waals surface area contributed by atoms with E-state index in [-0.39, 0.29) is 0 Å². The van der Waals surface area contributed by atoms with Crippen molar-refractivity contribution in [2.24, 2.45) is 0 Å². The van der Waals surface area contributed by atoms with Crippen LogP contribution in [0.5, 0.6) is 5.75 Å². The molecule has 0 aliphatic carbocycles. The lowest BCUT2D eigenvalue weighted by Crippen LogP contribution is -2.01. The molecule has 0 saturated carbocycles. The smallest absolute Gasteiger partial charge is 0.150 e. The largest absolute Gasteiger partial charge is 0.493 e. The highest BCUT2D eigenvalue weighted by Gasteiger charge is 1.98. The van der Waals surface area contributed by atoms with Gasteiger partial charge in [-0.2, -0.15) is 0 Å². The molecule has 0 amide bonds. The van der Waals surface area contributed by atoms with Gasteiger partial charge in [0.1, 0.15) is 12.0 Å². The van der Waals surface area contributed by atoms with E-state index in [0.717, 1.165) is 23.3 Å². The van der Waals surface area contributed by atoms with Crippen LogP contribution in [-0.2, 0) is 6.42 Å². The molecular formula is C15H13ClO2. The zero-order valence-corrected chi connectivity index (χ0v) is 10.6. The Kier molecular flexibility index (Phi) is 4.37. The molecule has 0 spiro atoms. The average molecular weight is 261 g/mol. The molecule has 0 radical (unpaired) electrons. The second-order valence-corrected chi connectivity index (χ2v) is 4.36. The van der Waals surface area contributed by atoms with Crippen LogP contribution in [0.4, 0.5) is 0 Å². The molecule has 2 nitrogen and oxygen atoms in total. The van der Waals surface area contributed by atoms with Gasteiger partial charge in [0.2, 0.25) is 0 Å². The third kappa shape index (κ3) is 3.60. The van der Waals surface area contributed by atoms with Gasteiger partial charge in [-0.3, -0.25) is 4.79 Å². The van der Waals surface area contributed by atoms with Gasteiger partial charge in [-0.15, -0.1) is 0 Å². The van der Waals surface area contributed by atoms with Crippen molar-refractivity contribution in [3.63, 3.8) is 0 Å². The Labute approximate surface area is 111 Å². The lowest BCUT2D eigenvalue weighted by Gasteiger charge is -2.06. The molecule has 92 valence electrons. The van der Waals surface area contributed by atoms with Gasteiger partial charge in [0, 0.05) is 17.0 Å². The minimum absolute atomic E-state index is 0.558. The molecule has 0 atom stereocenters. The van der Waals surface area contributed by atoms with Crippen LogP contribution in [0.2, 0.25) is 5.02 Å². The summed E-state index contributed by atoms with van der Waals surface area (Å²) in [6.45, 7) is 0.558. The second kappa shape index (κ2) is 6.22. The molecule has 0 fully saturated rings. The average Bonchev–Trinajstić information content (AvgIpc) is 2.39. The van der Waals surface area contributed by atoms with E-state index < -0.39 is 0 Å². The molecule has 0 saturated heterocycles. The van der Waals surface area contributed by atoms with E-state index in [1.165, 1.54) is 0 Å². The summed E-state index contributed by atoms with van der Waals surface area (Å²) in [6, 6.07) is 14.8. The topological polar surface area (TPSA) is 26.3 Å². The molecule has 0 N–H and O–H groups in total. The maximum Gasteiger partial charge on any atom is 0.150 e. The van der Waals surface area contributed by atoms with Crippen molar-refractivity contribution >= 4 is 17.9 Å². The summed E-state index contributed by atoms with van der Waals surface area (Å²) in [5.41, 5.74) is 1.75. The van der Waals surface area contributed by atoms with Gasteiger partial charge < -0.3 is 4.74 Å². The summed E-state index contributed by atoms with van der Waals surface area (Å²) in [5.74, 6) is 0.710. The Hall–Kier alpha value is -1.80. The van der Waals surface area contributed by atoms with Crippen LogP contribution in [0.1, 0.15) is 15.9 Å². The maximum atomic E-state index is 10.6. The van der Waals surface area contributed by atoms with Crippen molar-refractivity contribution in [2.45, 2.75) is 6.42 Å². The molecule has 0 unspecified atom stereocenters. The van der Waals surface area contributed by atoms with Crippen LogP contribution >= 0.6 is 11.6 Å². The maximum absolute atomic E-state index is 10.6.